The van der Waals surface area contributed by atoms with E-state index in [0.29, 0.717) is 12.2 Å². The van der Waals surface area contributed by atoms with Crippen LogP contribution in [0.4, 0.5) is 0 Å². The number of aliphatic hydroxyl groups is 1. The molecule has 1 aromatic heterocycles. The molecule has 1 atom stereocenters. The minimum Gasteiger partial charge on any atom is -0.384 e. The van der Waals surface area contributed by atoms with E-state index in [1.54, 1.807) is 6.92 Å². The van der Waals surface area contributed by atoms with Crippen LogP contribution >= 0.6 is 0 Å². The summed E-state index contributed by atoms with van der Waals surface area (Å²) >= 11 is 0. The first-order valence-electron chi connectivity index (χ1n) is 5.22. The van der Waals surface area contributed by atoms with Crippen molar-refractivity contribution >= 4 is 0 Å². The minimum atomic E-state index is -0.710. The van der Waals surface area contributed by atoms with E-state index < -0.39 is 6.10 Å². The van der Waals surface area contributed by atoms with Crippen LogP contribution in [0.15, 0.2) is 28.8 Å². The van der Waals surface area contributed by atoms with Gasteiger partial charge in [0, 0.05) is 6.42 Å². The van der Waals surface area contributed by atoms with Crippen LogP contribution in [0.25, 0.3) is 0 Å². The average molecular weight is 218 g/mol. The monoisotopic (exact) mass is 218 g/mol. The maximum Gasteiger partial charge on any atom is 0.255 e. The van der Waals surface area contributed by atoms with Gasteiger partial charge in [-0.2, -0.15) is 4.98 Å². The Labute approximate surface area is 93.9 Å². The Morgan fingerprint density at radius 2 is 2.12 bits per heavy atom. The van der Waals surface area contributed by atoms with Crippen molar-refractivity contribution in [3.05, 3.63) is 47.1 Å². The Balaban J connectivity index is 2.18. The standard InChI is InChI=1S/C12H14N2O2/c1-8-5-3-4-6-10(8)7-11-13-12(9(2)15)16-14-11/h3-6,9,15H,7H2,1-2H3/t9-/m0/s1. The fourth-order valence-electron chi connectivity index (χ4n) is 1.49. The Bertz CT molecular complexity index is 477. The number of aryl methyl sites for hydroxylation is 1. The van der Waals surface area contributed by atoms with E-state index in [-0.39, 0.29) is 5.89 Å². The molecule has 4 heteroatoms. The number of aliphatic hydroxyl groups excluding tert-OH is 1. The van der Waals surface area contributed by atoms with E-state index in [1.165, 1.54) is 11.1 Å². The highest BCUT2D eigenvalue weighted by Gasteiger charge is 2.11. The average Bonchev–Trinajstić information content (AvgIpc) is 2.70. The molecule has 0 aliphatic rings. The van der Waals surface area contributed by atoms with Crippen LogP contribution in [0.2, 0.25) is 0 Å². The van der Waals surface area contributed by atoms with Crippen LogP contribution < -0.4 is 0 Å². The molecular weight excluding hydrogens is 204 g/mol. The maximum atomic E-state index is 9.26. The lowest BCUT2D eigenvalue weighted by atomic mass is 10.1. The highest BCUT2D eigenvalue weighted by Crippen LogP contribution is 2.14. The van der Waals surface area contributed by atoms with Gasteiger partial charge in [0.1, 0.15) is 6.10 Å². The third-order valence-electron chi connectivity index (χ3n) is 2.45. The molecule has 0 saturated carbocycles. The molecule has 0 fully saturated rings. The van der Waals surface area contributed by atoms with Gasteiger partial charge in [-0.25, -0.2) is 0 Å². The van der Waals surface area contributed by atoms with Crippen molar-refractivity contribution in [3.8, 4) is 0 Å². The summed E-state index contributed by atoms with van der Waals surface area (Å²) in [4.78, 5) is 4.12. The predicted octanol–water partition coefficient (Wildman–Crippen LogP) is 2.02. The predicted molar refractivity (Wildman–Crippen MR) is 58.9 cm³/mol. The highest BCUT2D eigenvalue weighted by molar-refractivity contribution is 5.27. The number of hydrogen-bond acceptors (Lipinski definition) is 4. The van der Waals surface area contributed by atoms with Gasteiger partial charge in [-0.15, -0.1) is 0 Å². The Morgan fingerprint density at radius 1 is 1.38 bits per heavy atom. The second-order valence-electron chi connectivity index (χ2n) is 3.83. The van der Waals surface area contributed by atoms with Crippen LogP contribution in [-0.4, -0.2) is 15.2 Å². The fraction of sp³-hybridized carbons (Fsp3) is 0.333. The van der Waals surface area contributed by atoms with Gasteiger partial charge in [-0.1, -0.05) is 29.4 Å². The molecule has 1 heterocycles. The van der Waals surface area contributed by atoms with Crippen LogP contribution in [0.3, 0.4) is 0 Å². The zero-order valence-corrected chi connectivity index (χ0v) is 9.34. The normalized spacial score (nSPS) is 12.7. The van der Waals surface area contributed by atoms with E-state index >= 15 is 0 Å². The zero-order valence-electron chi connectivity index (χ0n) is 9.34. The summed E-state index contributed by atoms with van der Waals surface area (Å²) in [6.07, 6.45) is -0.0822. The molecule has 0 radical (unpaired) electrons. The third kappa shape index (κ3) is 2.28. The second kappa shape index (κ2) is 4.45. The van der Waals surface area contributed by atoms with Gasteiger partial charge in [0.25, 0.3) is 5.89 Å². The van der Waals surface area contributed by atoms with Crippen LogP contribution in [0.5, 0.6) is 0 Å². The molecule has 0 aliphatic heterocycles. The van der Waals surface area contributed by atoms with E-state index in [9.17, 15) is 5.11 Å². The minimum absolute atomic E-state index is 0.267. The molecule has 16 heavy (non-hydrogen) atoms. The van der Waals surface area contributed by atoms with E-state index in [4.69, 9.17) is 4.52 Å². The van der Waals surface area contributed by atoms with Gasteiger partial charge in [-0.05, 0) is 25.0 Å². The summed E-state index contributed by atoms with van der Waals surface area (Å²) in [5.74, 6) is 0.869. The van der Waals surface area contributed by atoms with Crippen molar-refractivity contribution in [1.29, 1.82) is 0 Å². The van der Waals surface area contributed by atoms with Gasteiger partial charge >= 0.3 is 0 Å². The smallest absolute Gasteiger partial charge is 0.255 e. The Kier molecular flexibility index (Phi) is 3.01. The third-order valence-corrected chi connectivity index (χ3v) is 2.45. The summed E-state index contributed by atoms with van der Waals surface area (Å²) in [6, 6.07) is 8.06. The van der Waals surface area contributed by atoms with Gasteiger partial charge in [0.05, 0.1) is 0 Å². The highest BCUT2D eigenvalue weighted by atomic mass is 16.5. The first kappa shape index (κ1) is 10.8. The van der Waals surface area contributed by atoms with E-state index in [1.807, 2.05) is 31.2 Å². The molecule has 0 bridgehead atoms. The number of benzene rings is 1. The zero-order chi connectivity index (χ0) is 11.5. The molecule has 1 N–H and O–H groups in total. The van der Waals surface area contributed by atoms with Crippen LogP contribution in [0.1, 0.15) is 35.9 Å². The van der Waals surface area contributed by atoms with Gasteiger partial charge in [0.15, 0.2) is 5.82 Å². The second-order valence-corrected chi connectivity index (χ2v) is 3.83. The van der Waals surface area contributed by atoms with Crippen molar-refractivity contribution < 1.29 is 9.63 Å². The molecule has 0 aliphatic carbocycles. The van der Waals surface area contributed by atoms with Gasteiger partial charge in [-0.3, -0.25) is 0 Å². The molecule has 0 saturated heterocycles. The summed E-state index contributed by atoms with van der Waals surface area (Å²) in [5.41, 5.74) is 2.37. The number of nitrogens with zero attached hydrogens (tertiary/aromatic N) is 2. The Morgan fingerprint density at radius 3 is 2.75 bits per heavy atom. The van der Waals surface area contributed by atoms with Crippen LogP contribution in [-0.2, 0) is 6.42 Å². The summed E-state index contributed by atoms with van der Waals surface area (Å²) < 4.78 is 4.93. The van der Waals surface area contributed by atoms with Crippen molar-refractivity contribution in [2.75, 3.05) is 0 Å². The van der Waals surface area contributed by atoms with Crippen molar-refractivity contribution in [2.45, 2.75) is 26.4 Å². The van der Waals surface area contributed by atoms with Gasteiger partial charge < -0.3 is 9.63 Å². The number of rotatable bonds is 3. The van der Waals surface area contributed by atoms with Crippen molar-refractivity contribution in [2.24, 2.45) is 0 Å². The number of aromatic nitrogens is 2. The number of hydrogen-bond donors (Lipinski definition) is 1. The van der Waals surface area contributed by atoms with E-state index in [2.05, 4.69) is 10.1 Å². The molecular formula is C12H14N2O2. The maximum absolute atomic E-state index is 9.26. The molecule has 2 aromatic rings. The summed E-state index contributed by atoms with van der Waals surface area (Å²) in [7, 11) is 0. The van der Waals surface area contributed by atoms with Crippen molar-refractivity contribution in [1.82, 2.24) is 10.1 Å². The SMILES string of the molecule is Cc1ccccc1Cc1noc([C@H](C)O)n1. The van der Waals surface area contributed by atoms with Crippen molar-refractivity contribution in [3.63, 3.8) is 0 Å². The first-order chi connectivity index (χ1) is 7.66. The quantitative estimate of drug-likeness (QED) is 0.856. The fourth-order valence-corrected chi connectivity index (χ4v) is 1.49. The van der Waals surface area contributed by atoms with E-state index in [0.717, 1.165) is 0 Å². The van der Waals surface area contributed by atoms with Crippen LogP contribution in [0, 0.1) is 6.92 Å². The lowest BCUT2D eigenvalue weighted by molar-refractivity contribution is 0.151. The lowest BCUT2D eigenvalue weighted by Gasteiger charge is -2.00. The molecule has 0 amide bonds. The lowest BCUT2D eigenvalue weighted by Crippen LogP contribution is -1.95. The molecule has 1 aromatic carbocycles. The molecule has 0 spiro atoms. The Hall–Kier alpha value is -1.68. The summed E-state index contributed by atoms with van der Waals surface area (Å²) in [5, 5.41) is 13.1. The summed E-state index contributed by atoms with van der Waals surface area (Å²) in [6.45, 7) is 3.65. The molecule has 2 rings (SSSR count). The topological polar surface area (TPSA) is 59.2 Å². The largest absolute Gasteiger partial charge is 0.384 e. The molecule has 4 nitrogen and oxygen atoms in total. The first-order valence-corrected chi connectivity index (χ1v) is 5.22. The molecule has 84 valence electrons. The molecule has 0 unspecified atom stereocenters. The van der Waals surface area contributed by atoms with Gasteiger partial charge in [0.2, 0.25) is 0 Å².